The Bertz CT molecular complexity index is 394. The molecule has 5 nitrogen and oxygen atoms in total. The molecule has 0 aliphatic rings. The molecule has 0 aliphatic heterocycles. The van der Waals surface area contributed by atoms with E-state index in [1.54, 1.807) is 6.07 Å². The number of para-hydroxylation sites is 1. The fourth-order valence-corrected chi connectivity index (χ4v) is 1.64. The second-order valence-electron chi connectivity index (χ2n) is 4.05. The van der Waals surface area contributed by atoms with Gasteiger partial charge in [0, 0.05) is 24.8 Å². The van der Waals surface area contributed by atoms with Gasteiger partial charge in [-0.05, 0) is 12.8 Å². The highest BCUT2D eigenvalue weighted by Crippen LogP contribution is 2.28. The molecule has 1 aromatic carbocycles. The predicted octanol–water partition coefficient (Wildman–Crippen LogP) is 3.34. The largest absolute Gasteiger partial charge is 0.379 e. The second kappa shape index (κ2) is 7.66. The van der Waals surface area contributed by atoms with Crippen LogP contribution in [-0.4, -0.2) is 18.1 Å². The molecule has 0 atom stereocenters. The minimum absolute atomic E-state index is 0.112. The molecule has 0 fully saturated rings. The number of nitrogens with one attached hydrogen (secondary N) is 1. The van der Waals surface area contributed by atoms with E-state index >= 15 is 0 Å². The maximum atomic E-state index is 11.0. The molecule has 5 heteroatoms. The molecule has 1 N–H and O–H groups in total. The van der Waals surface area contributed by atoms with Crippen LogP contribution in [0.5, 0.6) is 0 Å². The molecule has 0 saturated heterocycles. The van der Waals surface area contributed by atoms with Crippen molar-refractivity contribution < 1.29 is 9.66 Å². The van der Waals surface area contributed by atoms with E-state index in [2.05, 4.69) is 5.32 Å². The lowest BCUT2D eigenvalue weighted by molar-refractivity contribution is -0.384. The van der Waals surface area contributed by atoms with Gasteiger partial charge >= 0.3 is 0 Å². The maximum absolute atomic E-state index is 11.0. The van der Waals surface area contributed by atoms with Crippen LogP contribution in [0.25, 0.3) is 0 Å². The first kappa shape index (κ1) is 14.4. The molecular weight excluding hydrogens is 232 g/mol. The van der Waals surface area contributed by atoms with E-state index in [4.69, 9.17) is 4.74 Å². The van der Waals surface area contributed by atoms with E-state index in [9.17, 15) is 10.1 Å². The van der Waals surface area contributed by atoms with Crippen molar-refractivity contribution in [2.75, 3.05) is 18.5 Å². The SMILES string of the molecule is CCCNc1c(COCCC)cccc1[N+](=O)[O-]. The fourth-order valence-electron chi connectivity index (χ4n) is 1.64. The minimum atomic E-state index is -0.360. The van der Waals surface area contributed by atoms with Crippen LogP contribution in [-0.2, 0) is 11.3 Å². The van der Waals surface area contributed by atoms with Crippen LogP contribution in [0.1, 0.15) is 32.3 Å². The quantitative estimate of drug-likeness (QED) is 0.438. The van der Waals surface area contributed by atoms with Gasteiger partial charge in [-0.2, -0.15) is 0 Å². The number of hydrogen-bond donors (Lipinski definition) is 1. The summed E-state index contributed by atoms with van der Waals surface area (Å²) in [6.07, 6.45) is 1.86. The zero-order valence-electron chi connectivity index (χ0n) is 10.9. The average Bonchev–Trinajstić information content (AvgIpc) is 2.37. The van der Waals surface area contributed by atoms with Crippen molar-refractivity contribution in [3.05, 3.63) is 33.9 Å². The Hall–Kier alpha value is -1.62. The van der Waals surface area contributed by atoms with Gasteiger partial charge in [0.05, 0.1) is 11.5 Å². The Morgan fingerprint density at radius 2 is 2.11 bits per heavy atom. The summed E-state index contributed by atoms with van der Waals surface area (Å²) in [7, 11) is 0. The first-order chi connectivity index (χ1) is 8.70. The number of nitro groups is 1. The van der Waals surface area contributed by atoms with E-state index < -0.39 is 0 Å². The summed E-state index contributed by atoms with van der Waals surface area (Å²) in [5, 5.41) is 14.1. The number of benzene rings is 1. The molecule has 0 spiro atoms. The highest BCUT2D eigenvalue weighted by molar-refractivity contribution is 5.66. The van der Waals surface area contributed by atoms with Crippen LogP contribution in [0.15, 0.2) is 18.2 Å². The Morgan fingerprint density at radius 3 is 2.72 bits per heavy atom. The van der Waals surface area contributed by atoms with Crippen molar-refractivity contribution in [3.8, 4) is 0 Å². The summed E-state index contributed by atoms with van der Waals surface area (Å²) in [6, 6.07) is 5.07. The lowest BCUT2D eigenvalue weighted by atomic mass is 10.1. The van der Waals surface area contributed by atoms with Gasteiger partial charge < -0.3 is 10.1 Å². The molecule has 0 aromatic heterocycles. The van der Waals surface area contributed by atoms with E-state index in [-0.39, 0.29) is 10.6 Å². The molecule has 1 rings (SSSR count). The van der Waals surface area contributed by atoms with Gasteiger partial charge in [0.2, 0.25) is 0 Å². The van der Waals surface area contributed by atoms with Gasteiger partial charge in [-0.15, -0.1) is 0 Å². The summed E-state index contributed by atoms with van der Waals surface area (Å²) >= 11 is 0. The molecule has 0 amide bonds. The average molecular weight is 252 g/mol. The van der Waals surface area contributed by atoms with Crippen LogP contribution in [0.2, 0.25) is 0 Å². The molecule has 0 unspecified atom stereocenters. The van der Waals surface area contributed by atoms with E-state index in [1.807, 2.05) is 19.9 Å². The van der Waals surface area contributed by atoms with Gasteiger partial charge in [0.1, 0.15) is 5.69 Å². The number of ether oxygens (including phenoxy) is 1. The predicted molar refractivity (Wildman–Crippen MR) is 71.8 cm³/mol. The van der Waals surface area contributed by atoms with E-state index in [1.165, 1.54) is 6.07 Å². The van der Waals surface area contributed by atoms with Crippen LogP contribution in [0, 0.1) is 10.1 Å². The van der Waals surface area contributed by atoms with Gasteiger partial charge in [0.15, 0.2) is 0 Å². The summed E-state index contributed by atoms with van der Waals surface area (Å²) in [5.41, 5.74) is 1.53. The Morgan fingerprint density at radius 1 is 1.33 bits per heavy atom. The number of nitro benzene ring substituents is 1. The van der Waals surface area contributed by atoms with Crippen molar-refractivity contribution in [1.82, 2.24) is 0 Å². The normalized spacial score (nSPS) is 10.3. The van der Waals surface area contributed by atoms with Crippen molar-refractivity contribution in [2.24, 2.45) is 0 Å². The highest BCUT2D eigenvalue weighted by Gasteiger charge is 2.16. The van der Waals surface area contributed by atoms with Crippen LogP contribution >= 0.6 is 0 Å². The second-order valence-corrected chi connectivity index (χ2v) is 4.05. The topological polar surface area (TPSA) is 64.4 Å². The third-order valence-electron chi connectivity index (χ3n) is 2.48. The minimum Gasteiger partial charge on any atom is -0.379 e. The van der Waals surface area contributed by atoms with Crippen LogP contribution < -0.4 is 5.32 Å². The molecule has 18 heavy (non-hydrogen) atoms. The third kappa shape index (κ3) is 4.00. The molecule has 0 heterocycles. The first-order valence-electron chi connectivity index (χ1n) is 6.28. The molecule has 0 radical (unpaired) electrons. The van der Waals surface area contributed by atoms with Crippen LogP contribution in [0.3, 0.4) is 0 Å². The number of nitrogens with zero attached hydrogens (tertiary/aromatic N) is 1. The smallest absolute Gasteiger partial charge is 0.292 e. The summed E-state index contributed by atoms with van der Waals surface area (Å²) < 4.78 is 5.46. The molecular formula is C13H20N2O3. The monoisotopic (exact) mass is 252 g/mol. The van der Waals surface area contributed by atoms with Gasteiger partial charge in [-0.1, -0.05) is 26.0 Å². The zero-order chi connectivity index (χ0) is 13.4. The maximum Gasteiger partial charge on any atom is 0.292 e. The summed E-state index contributed by atoms with van der Waals surface area (Å²) in [6.45, 7) is 5.84. The zero-order valence-corrected chi connectivity index (χ0v) is 10.9. The molecule has 100 valence electrons. The molecule has 1 aromatic rings. The Labute approximate surface area is 107 Å². The fraction of sp³-hybridized carbons (Fsp3) is 0.538. The third-order valence-corrected chi connectivity index (χ3v) is 2.48. The number of anilines is 1. The number of hydrogen-bond acceptors (Lipinski definition) is 4. The molecule has 0 saturated carbocycles. The van der Waals surface area contributed by atoms with Gasteiger partial charge in [0.25, 0.3) is 5.69 Å². The Balaban J connectivity index is 2.91. The van der Waals surface area contributed by atoms with Crippen molar-refractivity contribution in [3.63, 3.8) is 0 Å². The van der Waals surface area contributed by atoms with E-state index in [0.29, 0.717) is 25.4 Å². The summed E-state index contributed by atoms with van der Waals surface area (Å²) in [5.74, 6) is 0. The number of rotatable bonds is 8. The standard InChI is InChI=1S/C13H20N2O3/c1-3-8-14-13-11(10-18-9-4-2)6-5-7-12(13)15(16)17/h5-7,14H,3-4,8-10H2,1-2H3. The lowest BCUT2D eigenvalue weighted by Gasteiger charge is -2.12. The van der Waals surface area contributed by atoms with Crippen LogP contribution in [0.4, 0.5) is 11.4 Å². The van der Waals surface area contributed by atoms with Gasteiger partial charge in [-0.3, -0.25) is 10.1 Å². The first-order valence-corrected chi connectivity index (χ1v) is 6.28. The van der Waals surface area contributed by atoms with E-state index in [0.717, 1.165) is 18.4 Å². The van der Waals surface area contributed by atoms with Gasteiger partial charge in [-0.25, -0.2) is 0 Å². The van der Waals surface area contributed by atoms with Crippen molar-refractivity contribution in [2.45, 2.75) is 33.3 Å². The van der Waals surface area contributed by atoms with Crippen molar-refractivity contribution >= 4 is 11.4 Å². The lowest BCUT2D eigenvalue weighted by Crippen LogP contribution is -2.07. The summed E-state index contributed by atoms with van der Waals surface area (Å²) in [4.78, 5) is 10.6. The Kier molecular flexibility index (Phi) is 6.14. The highest BCUT2D eigenvalue weighted by atomic mass is 16.6. The molecule has 0 aliphatic carbocycles. The molecule has 0 bridgehead atoms. The van der Waals surface area contributed by atoms with Crippen molar-refractivity contribution in [1.29, 1.82) is 0 Å².